The molecule has 146 valence electrons. The Bertz CT molecular complexity index is 884. The van der Waals surface area contributed by atoms with Crippen molar-refractivity contribution < 1.29 is 9.59 Å². The lowest BCUT2D eigenvalue weighted by Crippen LogP contribution is -2.50. The SMILES string of the molecule is O=C(NC1CCCN(C(=O)Nc2ccc3c(c2)CNC3)C1)c1ccc(Cl)cc1. The number of fused-ring (bicyclic) bond motifs is 1. The lowest BCUT2D eigenvalue weighted by atomic mass is 10.1. The Morgan fingerprint density at radius 2 is 1.86 bits per heavy atom. The van der Waals surface area contributed by atoms with E-state index in [-0.39, 0.29) is 18.0 Å². The number of urea groups is 1. The zero-order chi connectivity index (χ0) is 19.5. The van der Waals surface area contributed by atoms with Gasteiger partial charge in [0.1, 0.15) is 0 Å². The van der Waals surface area contributed by atoms with Crippen molar-refractivity contribution in [3.05, 3.63) is 64.2 Å². The Hall–Kier alpha value is -2.57. The molecule has 2 aromatic rings. The second kappa shape index (κ2) is 8.20. The number of halogens is 1. The summed E-state index contributed by atoms with van der Waals surface area (Å²) >= 11 is 5.87. The quantitative estimate of drug-likeness (QED) is 0.742. The third-order valence-corrected chi connectivity index (χ3v) is 5.49. The molecule has 2 aromatic carbocycles. The smallest absolute Gasteiger partial charge is 0.321 e. The number of hydrogen-bond acceptors (Lipinski definition) is 3. The van der Waals surface area contributed by atoms with Gasteiger partial charge in [-0.3, -0.25) is 4.79 Å². The van der Waals surface area contributed by atoms with Crippen molar-refractivity contribution in [1.82, 2.24) is 15.5 Å². The van der Waals surface area contributed by atoms with Crippen molar-refractivity contribution in [3.8, 4) is 0 Å². The number of amides is 3. The van der Waals surface area contributed by atoms with Crippen molar-refractivity contribution in [2.24, 2.45) is 0 Å². The molecule has 7 heteroatoms. The van der Waals surface area contributed by atoms with Crippen molar-refractivity contribution in [2.45, 2.75) is 32.0 Å². The Labute approximate surface area is 169 Å². The summed E-state index contributed by atoms with van der Waals surface area (Å²) in [6.07, 6.45) is 1.71. The summed E-state index contributed by atoms with van der Waals surface area (Å²) in [5, 5.41) is 9.91. The van der Waals surface area contributed by atoms with E-state index in [1.165, 1.54) is 11.1 Å². The highest BCUT2D eigenvalue weighted by molar-refractivity contribution is 6.30. The molecule has 2 aliphatic rings. The maximum absolute atomic E-state index is 12.7. The van der Waals surface area contributed by atoms with Gasteiger partial charge in [-0.25, -0.2) is 4.79 Å². The van der Waals surface area contributed by atoms with E-state index < -0.39 is 0 Å². The molecule has 0 saturated carbocycles. The van der Waals surface area contributed by atoms with Crippen LogP contribution >= 0.6 is 11.6 Å². The summed E-state index contributed by atoms with van der Waals surface area (Å²) < 4.78 is 0. The summed E-state index contributed by atoms with van der Waals surface area (Å²) in [6, 6.07) is 12.6. The number of nitrogens with zero attached hydrogens (tertiary/aromatic N) is 1. The molecule has 3 amide bonds. The van der Waals surface area contributed by atoms with E-state index in [9.17, 15) is 9.59 Å². The van der Waals surface area contributed by atoms with Crippen LogP contribution < -0.4 is 16.0 Å². The number of nitrogens with one attached hydrogen (secondary N) is 3. The molecule has 0 radical (unpaired) electrons. The second-order valence-corrected chi connectivity index (χ2v) is 7.72. The summed E-state index contributed by atoms with van der Waals surface area (Å²) in [6.45, 7) is 2.90. The number of carbonyl (C=O) groups is 2. The highest BCUT2D eigenvalue weighted by Crippen LogP contribution is 2.21. The predicted molar refractivity (Wildman–Crippen MR) is 110 cm³/mol. The standard InChI is InChI=1S/C21H23ClN4O2/c22-17-6-3-14(4-7-17)20(27)24-19-2-1-9-26(13-19)21(28)25-18-8-5-15-11-23-12-16(15)10-18/h3-8,10,19,23H,1-2,9,11-13H2,(H,24,27)(H,25,28). The molecule has 0 bridgehead atoms. The first-order chi connectivity index (χ1) is 13.6. The van der Waals surface area contributed by atoms with E-state index in [4.69, 9.17) is 11.6 Å². The van der Waals surface area contributed by atoms with Crippen LogP contribution in [-0.2, 0) is 13.1 Å². The van der Waals surface area contributed by atoms with E-state index in [0.29, 0.717) is 23.7 Å². The number of rotatable bonds is 3. The molecule has 1 fully saturated rings. The molecule has 0 spiro atoms. The van der Waals surface area contributed by atoms with Crippen LogP contribution in [0.15, 0.2) is 42.5 Å². The van der Waals surface area contributed by atoms with Crippen LogP contribution in [-0.4, -0.2) is 36.0 Å². The normalized spacial score (nSPS) is 18.5. The van der Waals surface area contributed by atoms with E-state index >= 15 is 0 Å². The van der Waals surface area contributed by atoms with Crippen LogP contribution in [0.1, 0.15) is 34.3 Å². The Morgan fingerprint density at radius 3 is 2.68 bits per heavy atom. The Morgan fingerprint density at radius 1 is 1.07 bits per heavy atom. The first kappa shape index (κ1) is 18.8. The minimum absolute atomic E-state index is 0.0631. The average molecular weight is 399 g/mol. The fourth-order valence-electron chi connectivity index (χ4n) is 3.72. The minimum Gasteiger partial charge on any atom is -0.348 e. The van der Waals surface area contributed by atoms with Crippen LogP contribution in [0.4, 0.5) is 10.5 Å². The lowest BCUT2D eigenvalue weighted by molar-refractivity contribution is 0.0913. The highest BCUT2D eigenvalue weighted by atomic mass is 35.5. The third-order valence-electron chi connectivity index (χ3n) is 5.24. The van der Waals surface area contributed by atoms with E-state index in [2.05, 4.69) is 22.0 Å². The van der Waals surface area contributed by atoms with Gasteiger partial charge < -0.3 is 20.9 Å². The monoisotopic (exact) mass is 398 g/mol. The van der Waals surface area contributed by atoms with Crippen molar-refractivity contribution >= 4 is 29.2 Å². The fraction of sp³-hybridized carbons (Fsp3) is 0.333. The van der Waals surface area contributed by atoms with Crippen LogP contribution in [0.25, 0.3) is 0 Å². The van der Waals surface area contributed by atoms with Crippen LogP contribution in [0.3, 0.4) is 0 Å². The maximum atomic E-state index is 12.7. The third kappa shape index (κ3) is 4.29. The lowest BCUT2D eigenvalue weighted by Gasteiger charge is -2.33. The molecule has 2 heterocycles. The van der Waals surface area contributed by atoms with Crippen molar-refractivity contribution in [1.29, 1.82) is 0 Å². The summed E-state index contributed by atoms with van der Waals surface area (Å²) in [4.78, 5) is 26.9. The summed E-state index contributed by atoms with van der Waals surface area (Å²) in [5.41, 5.74) is 3.88. The number of piperidine rings is 1. The molecular formula is C21H23ClN4O2. The second-order valence-electron chi connectivity index (χ2n) is 7.28. The number of likely N-dealkylation sites (tertiary alicyclic amines) is 1. The molecule has 2 aliphatic heterocycles. The van der Waals surface area contributed by atoms with Crippen molar-refractivity contribution in [3.63, 3.8) is 0 Å². The van der Waals surface area contributed by atoms with Crippen molar-refractivity contribution in [2.75, 3.05) is 18.4 Å². The Kier molecular flexibility index (Phi) is 5.50. The highest BCUT2D eigenvalue weighted by Gasteiger charge is 2.25. The zero-order valence-corrected chi connectivity index (χ0v) is 16.3. The van der Waals surface area contributed by atoms with Crippen LogP contribution in [0.2, 0.25) is 5.02 Å². The Balaban J connectivity index is 1.34. The number of carbonyl (C=O) groups excluding carboxylic acids is 2. The molecule has 3 N–H and O–H groups in total. The molecule has 1 unspecified atom stereocenters. The van der Waals surface area contributed by atoms with Gasteiger partial charge in [-0.1, -0.05) is 17.7 Å². The largest absolute Gasteiger partial charge is 0.348 e. The fourth-order valence-corrected chi connectivity index (χ4v) is 3.85. The van der Waals surface area contributed by atoms with Gasteiger partial charge in [0.15, 0.2) is 0 Å². The topological polar surface area (TPSA) is 73.5 Å². The molecule has 0 aromatic heterocycles. The zero-order valence-electron chi connectivity index (χ0n) is 15.5. The molecule has 0 aliphatic carbocycles. The minimum atomic E-state index is -0.143. The molecule has 4 rings (SSSR count). The molecular weight excluding hydrogens is 376 g/mol. The van der Waals surface area contributed by atoms with E-state index in [0.717, 1.165) is 31.6 Å². The number of anilines is 1. The molecule has 1 atom stereocenters. The van der Waals surface area contributed by atoms with E-state index in [1.54, 1.807) is 29.2 Å². The number of hydrogen-bond donors (Lipinski definition) is 3. The molecule has 28 heavy (non-hydrogen) atoms. The van der Waals surface area contributed by atoms with Gasteiger partial charge >= 0.3 is 6.03 Å². The van der Waals surface area contributed by atoms with Gasteiger partial charge in [-0.2, -0.15) is 0 Å². The predicted octanol–water partition coefficient (Wildman–Crippen LogP) is 3.37. The van der Waals surface area contributed by atoms with Crippen LogP contribution in [0, 0.1) is 0 Å². The van der Waals surface area contributed by atoms with Gasteiger partial charge in [0.25, 0.3) is 5.91 Å². The number of benzene rings is 2. The van der Waals surface area contributed by atoms with Gasteiger partial charge in [0.05, 0.1) is 0 Å². The van der Waals surface area contributed by atoms with Gasteiger partial charge in [-0.15, -0.1) is 0 Å². The first-order valence-electron chi connectivity index (χ1n) is 9.53. The molecule has 6 nitrogen and oxygen atoms in total. The van der Waals surface area contributed by atoms with Crippen LogP contribution in [0.5, 0.6) is 0 Å². The first-order valence-corrected chi connectivity index (χ1v) is 9.91. The van der Waals surface area contributed by atoms with Gasteiger partial charge in [0, 0.05) is 48.5 Å². The summed E-state index contributed by atoms with van der Waals surface area (Å²) in [5.74, 6) is -0.143. The summed E-state index contributed by atoms with van der Waals surface area (Å²) in [7, 11) is 0. The molecule has 1 saturated heterocycles. The van der Waals surface area contributed by atoms with E-state index in [1.807, 2.05) is 12.1 Å². The maximum Gasteiger partial charge on any atom is 0.321 e. The average Bonchev–Trinajstić information content (AvgIpc) is 3.16. The van der Waals surface area contributed by atoms with Gasteiger partial charge in [-0.05, 0) is 60.4 Å². The van der Waals surface area contributed by atoms with Gasteiger partial charge in [0.2, 0.25) is 0 Å².